The zero-order valence-electron chi connectivity index (χ0n) is 10.7. The zero-order valence-corrected chi connectivity index (χ0v) is 11.6. The number of nitrogens with two attached hydrogens (primary N) is 1. The summed E-state index contributed by atoms with van der Waals surface area (Å²) in [5.41, 5.74) is 6.47. The first-order chi connectivity index (χ1) is 9.20. The maximum absolute atomic E-state index is 5.88. The second-order valence-corrected chi connectivity index (χ2v) is 5.84. The van der Waals surface area contributed by atoms with Crippen LogP contribution in [0.4, 0.5) is 5.69 Å². The molecule has 0 spiro atoms. The average Bonchev–Trinajstić information content (AvgIpc) is 3.13. The standard InChI is InChI=1S/C13H16N4OS/c1-17-7-10(6-15-17)19-12-5-4-11(14)13(16-12)18-8-9-2-3-9/h4-7,9H,2-3,8,14H2,1H3. The molecule has 1 aliphatic carbocycles. The molecule has 2 aromatic heterocycles. The molecular formula is C13H16N4OS. The van der Waals surface area contributed by atoms with Gasteiger partial charge in [-0.2, -0.15) is 5.10 Å². The van der Waals surface area contributed by atoms with Gasteiger partial charge in [0.2, 0.25) is 5.88 Å². The van der Waals surface area contributed by atoms with Crippen molar-refractivity contribution in [2.75, 3.05) is 12.3 Å². The predicted molar refractivity (Wildman–Crippen MR) is 74.2 cm³/mol. The van der Waals surface area contributed by atoms with Crippen LogP contribution < -0.4 is 10.5 Å². The first-order valence-electron chi connectivity index (χ1n) is 6.26. The summed E-state index contributed by atoms with van der Waals surface area (Å²) in [6, 6.07) is 3.74. The predicted octanol–water partition coefficient (Wildman–Crippen LogP) is 2.34. The Morgan fingerprint density at radius 2 is 2.32 bits per heavy atom. The van der Waals surface area contributed by atoms with Crippen molar-refractivity contribution in [1.29, 1.82) is 0 Å². The minimum atomic E-state index is 0.542. The van der Waals surface area contributed by atoms with E-state index in [1.807, 2.05) is 31.6 Å². The topological polar surface area (TPSA) is 66.0 Å². The number of ether oxygens (including phenoxy) is 1. The van der Waals surface area contributed by atoms with E-state index in [0.29, 0.717) is 17.5 Å². The highest BCUT2D eigenvalue weighted by Gasteiger charge is 2.22. The summed E-state index contributed by atoms with van der Waals surface area (Å²) in [5.74, 6) is 1.23. The van der Waals surface area contributed by atoms with Crippen molar-refractivity contribution in [1.82, 2.24) is 14.8 Å². The van der Waals surface area contributed by atoms with Crippen LogP contribution in [-0.2, 0) is 7.05 Å². The molecule has 6 heteroatoms. The van der Waals surface area contributed by atoms with Gasteiger partial charge in [0.15, 0.2) is 0 Å². The number of hydrogen-bond acceptors (Lipinski definition) is 5. The molecule has 0 radical (unpaired) electrons. The Morgan fingerprint density at radius 3 is 3.00 bits per heavy atom. The highest BCUT2D eigenvalue weighted by Crippen LogP contribution is 2.32. The molecule has 3 rings (SSSR count). The summed E-state index contributed by atoms with van der Waals surface area (Å²) in [6.07, 6.45) is 6.27. The molecule has 0 atom stereocenters. The molecule has 0 saturated heterocycles. The molecule has 0 unspecified atom stereocenters. The summed E-state index contributed by atoms with van der Waals surface area (Å²) in [4.78, 5) is 5.50. The van der Waals surface area contributed by atoms with E-state index in [0.717, 1.165) is 16.5 Å². The summed E-state index contributed by atoms with van der Waals surface area (Å²) < 4.78 is 7.44. The van der Waals surface area contributed by atoms with Crippen molar-refractivity contribution in [3.8, 4) is 5.88 Å². The van der Waals surface area contributed by atoms with Gasteiger partial charge in [-0.25, -0.2) is 4.98 Å². The van der Waals surface area contributed by atoms with Crippen molar-refractivity contribution in [3.05, 3.63) is 24.5 Å². The fraction of sp³-hybridized carbons (Fsp3) is 0.385. The average molecular weight is 276 g/mol. The highest BCUT2D eigenvalue weighted by atomic mass is 32.2. The van der Waals surface area contributed by atoms with E-state index in [-0.39, 0.29) is 0 Å². The van der Waals surface area contributed by atoms with E-state index in [9.17, 15) is 0 Å². The van der Waals surface area contributed by atoms with Crippen LogP contribution in [0.2, 0.25) is 0 Å². The van der Waals surface area contributed by atoms with Gasteiger partial charge in [-0.3, -0.25) is 4.68 Å². The summed E-state index contributed by atoms with van der Waals surface area (Å²) in [5, 5.41) is 5.00. The molecule has 0 aromatic carbocycles. The van der Waals surface area contributed by atoms with Crippen molar-refractivity contribution in [2.24, 2.45) is 13.0 Å². The molecule has 1 saturated carbocycles. The van der Waals surface area contributed by atoms with Crippen molar-refractivity contribution in [2.45, 2.75) is 22.8 Å². The molecule has 0 aliphatic heterocycles. The van der Waals surface area contributed by atoms with Gasteiger partial charge in [-0.1, -0.05) is 11.8 Å². The van der Waals surface area contributed by atoms with Crippen LogP contribution in [-0.4, -0.2) is 21.4 Å². The van der Waals surface area contributed by atoms with Gasteiger partial charge < -0.3 is 10.5 Å². The number of nitrogens with zero attached hydrogens (tertiary/aromatic N) is 3. The lowest BCUT2D eigenvalue weighted by atomic mass is 10.4. The molecule has 19 heavy (non-hydrogen) atoms. The van der Waals surface area contributed by atoms with Gasteiger partial charge in [0.1, 0.15) is 5.03 Å². The van der Waals surface area contributed by atoms with Crippen molar-refractivity contribution >= 4 is 17.4 Å². The molecule has 2 heterocycles. The lowest BCUT2D eigenvalue weighted by Crippen LogP contribution is -2.04. The fourth-order valence-electron chi connectivity index (χ4n) is 1.66. The van der Waals surface area contributed by atoms with Gasteiger partial charge in [0, 0.05) is 13.2 Å². The van der Waals surface area contributed by atoms with E-state index in [2.05, 4.69) is 10.1 Å². The van der Waals surface area contributed by atoms with Crippen molar-refractivity contribution in [3.63, 3.8) is 0 Å². The maximum atomic E-state index is 5.88. The minimum Gasteiger partial charge on any atom is -0.476 e. The van der Waals surface area contributed by atoms with Crippen LogP contribution in [0.25, 0.3) is 0 Å². The Balaban J connectivity index is 1.72. The zero-order chi connectivity index (χ0) is 13.2. The quantitative estimate of drug-likeness (QED) is 0.908. The number of aryl methyl sites for hydroxylation is 1. The minimum absolute atomic E-state index is 0.542. The first-order valence-corrected chi connectivity index (χ1v) is 7.08. The van der Waals surface area contributed by atoms with Crippen LogP contribution in [0.5, 0.6) is 5.88 Å². The molecule has 1 fully saturated rings. The number of rotatable bonds is 5. The van der Waals surface area contributed by atoms with Crippen LogP contribution in [0.15, 0.2) is 34.4 Å². The first kappa shape index (κ1) is 12.3. The lowest BCUT2D eigenvalue weighted by Gasteiger charge is -2.08. The SMILES string of the molecule is Cn1cc(Sc2ccc(N)c(OCC3CC3)n2)cn1. The molecule has 1 aliphatic rings. The lowest BCUT2D eigenvalue weighted by molar-refractivity contribution is 0.288. The van der Waals surface area contributed by atoms with E-state index < -0.39 is 0 Å². The Labute approximate surface area is 116 Å². The van der Waals surface area contributed by atoms with Crippen LogP contribution >= 0.6 is 11.8 Å². The highest BCUT2D eigenvalue weighted by molar-refractivity contribution is 7.99. The molecule has 2 N–H and O–H groups in total. The third-order valence-electron chi connectivity index (χ3n) is 2.92. The smallest absolute Gasteiger partial charge is 0.238 e. The van der Waals surface area contributed by atoms with Gasteiger partial charge in [0.05, 0.1) is 23.4 Å². The van der Waals surface area contributed by atoms with Crippen LogP contribution in [0, 0.1) is 5.92 Å². The Bertz CT molecular complexity index is 580. The van der Waals surface area contributed by atoms with Gasteiger partial charge >= 0.3 is 0 Å². The van der Waals surface area contributed by atoms with Gasteiger partial charge in [-0.05, 0) is 30.9 Å². The van der Waals surface area contributed by atoms with Crippen molar-refractivity contribution < 1.29 is 4.74 Å². The second kappa shape index (κ2) is 5.13. The number of aromatic nitrogens is 3. The van der Waals surface area contributed by atoms with E-state index in [1.165, 1.54) is 12.8 Å². The summed E-state index contributed by atoms with van der Waals surface area (Å²) in [6.45, 7) is 0.720. The third kappa shape index (κ3) is 3.20. The normalized spacial score (nSPS) is 14.6. The number of hydrogen-bond donors (Lipinski definition) is 1. The fourth-order valence-corrected chi connectivity index (χ4v) is 2.47. The second-order valence-electron chi connectivity index (χ2n) is 4.75. The van der Waals surface area contributed by atoms with Gasteiger partial charge in [-0.15, -0.1) is 0 Å². The maximum Gasteiger partial charge on any atom is 0.238 e. The molecule has 5 nitrogen and oxygen atoms in total. The molecule has 100 valence electrons. The Hall–Kier alpha value is -1.69. The van der Waals surface area contributed by atoms with E-state index >= 15 is 0 Å². The summed E-state index contributed by atoms with van der Waals surface area (Å²) >= 11 is 1.55. The largest absolute Gasteiger partial charge is 0.476 e. The monoisotopic (exact) mass is 276 g/mol. The number of anilines is 1. The van der Waals surface area contributed by atoms with E-state index in [4.69, 9.17) is 10.5 Å². The number of nitrogen functional groups attached to an aromatic ring is 1. The molecular weight excluding hydrogens is 260 g/mol. The van der Waals surface area contributed by atoms with Gasteiger partial charge in [0.25, 0.3) is 0 Å². The van der Waals surface area contributed by atoms with Crippen LogP contribution in [0.1, 0.15) is 12.8 Å². The summed E-state index contributed by atoms with van der Waals surface area (Å²) in [7, 11) is 1.89. The third-order valence-corrected chi connectivity index (χ3v) is 3.80. The Morgan fingerprint density at radius 1 is 1.47 bits per heavy atom. The molecule has 2 aromatic rings. The molecule has 0 bridgehead atoms. The van der Waals surface area contributed by atoms with E-state index in [1.54, 1.807) is 16.4 Å². The number of pyridine rings is 1. The Kier molecular flexibility index (Phi) is 3.33. The molecule has 0 amide bonds. The van der Waals surface area contributed by atoms with Crippen LogP contribution in [0.3, 0.4) is 0 Å².